The minimum atomic E-state index is 0.107. The van der Waals surface area contributed by atoms with Crippen LogP contribution >= 0.6 is 15.9 Å². The number of nitrogens with two attached hydrogens (primary N) is 1. The third kappa shape index (κ3) is 2.51. The molecule has 0 aliphatic carbocycles. The summed E-state index contributed by atoms with van der Waals surface area (Å²) >= 11 is 3.61. The summed E-state index contributed by atoms with van der Waals surface area (Å²) < 4.78 is 0. The zero-order valence-electron chi connectivity index (χ0n) is 8.52. The van der Waals surface area contributed by atoms with E-state index in [0.717, 1.165) is 18.5 Å². The topological polar surface area (TPSA) is 26.0 Å². The molecule has 0 aromatic heterocycles. The first-order chi connectivity index (χ1) is 5.49. The Morgan fingerprint density at radius 1 is 1.58 bits per heavy atom. The summed E-state index contributed by atoms with van der Waals surface area (Å²) in [6.45, 7) is 8.64. The Bertz CT molecular complexity index is 163. The molecule has 0 saturated carbocycles. The van der Waals surface area contributed by atoms with Gasteiger partial charge in [0.05, 0.1) is 0 Å². The van der Waals surface area contributed by atoms with Gasteiger partial charge in [-0.25, -0.2) is 0 Å². The summed E-state index contributed by atoms with van der Waals surface area (Å²) in [7, 11) is 0. The third-order valence-electron chi connectivity index (χ3n) is 2.70. The highest BCUT2D eigenvalue weighted by molar-refractivity contribution is 9.09. The van der Waals surface area contributed by atoms with Crippen LogP contribution in [0.15, 0.2) is 11.8 Å². The van der Waals surface area contributed by atoms with E-state index in [4.69, 9.17) is 5.73 Å². The van der Waals surface area contributed by atoms with E-state index < -0.39 is 0 Å². The van der Waals surface area contributed by atoms with Gasteiger partial charge in [0.1, 0.15) is 0 Å². The van der Waals surface area contributed by atoms with Gasteiger partial charge in [-0.1, -0.05) is 49.7 Å². The molecular formula is C10H20BrN. The molecule has 0 aromatic carbocycles. The standard InChI is InChI=1S/C10H20BrN/c1-5-7-9(12)10(4,6-2)8(3)11/h7-8H,5-6,12H2,1-4H3/t8-,10?/m0/s1. The SMILES string of the molecule is CCC=C(N)C(C)(CC)[C@H](C)Br. The molecule has 0 heterocycles. The van der Waals surface area contributed by atoms with Gasteiger partial charge in [0.25, 0.3) is 0 Å². The predicted molar refractivity (Wildman–Crippen MR) is 59.3 cm³/mol. The lowest BCUT2D eigenvalue weighted by Gasteiger charge is -2.32. The van der Waals surface area contributed by atoms with Crippen LogP contribution in [0, 0.1) is 5.41 Å². The Labute approximate surface area is 84.5 Å². The molecule has 0 spiro atoms. The van der Waals surface area contributed by atoms with Crippen molar-refractivity contribution >= 4 is 15.9 Å². The van der Waals surface area contributed by atoms with Gasteiger partial charge in [0.2, 0.25) is 0 Å². The van der Waals surface area contributed by atoms with Crippen LogP contribution < -0.4 is 5.73 Å². The molecular weight excluding hydrogens is 214 g/mol. The molecule has 0 rings (SSSR count). The summed E-state index contributed by atoms with van der Waals surface area (Å²) in [6, 6.07) is 0. The Morgan fingerprint density at radius 2 is 2.08 bits per heavy atom. The van der Waals surface area contributed by atoms with Gasteiger partial charge in [-0.05, 0) is 12.8 Å². The smallest absolute Gasteiger partial charge is 0.0225 e. The van der Waals surface area contributed by atoms with Crippen LogP contribution in [0.25, 0.3) is 0 Å². The second kappa shape index (κ2) is 4.90. The summed E-state index contributed by atoms with van der Waals surface area (Å²) in [6.07, 6.45) is 4.20. The van der Waals surface area contributed by atoms with Crippen molar-refractivity contribution in [3.63, 3.8) is 0 Å². The summed E-state index contributed by atoms with van der Waals surface area (Å²) in [5, 5.41) is 0. The summed E-state index contributed by atoms with van der Waals surface area (Å²) in [4.78, 5) is 0.429. The Kier molecular flexibility index (Phi) is 4.91. The average molecular weight is 234 g/mol. The summed E-state index contributed by atoms with van der Waals surface area (Å²) in [5.74, 6) is 0. The summed E-state index contributed by atoms with van der Waals surface area (Å²) in [5.41, 5.74) is 7.12. The number of rotatable bonds is 4. The monoisotopic (exact) mass is 233 g/mol. The maximum absolute atomic E-state index is 6.01. The molecule has 2 heteroatoms. The number of hydrogen-bond acceptors (Lipinski definition) is 1. The van der Waals surface area contributed by atoms with Crippen LogP contribution in [0.1, 0.15) is 40.5 Å². The van der Waals surface area contributed by atoms with E-state index in [2.05, 4.69) is 49.7 Å². The van der Waals surface area contributed by atoms with Crippen LogP contribution in [-0.2, 0) is 0 Å². The zero-order valence-corrected chi connectivity index (χ0v) is 10.1. The third-order valence-corrected chi connectivity index (χ3v) is 3.71. The second-order valence-corrected chi connectivity index (χ2v) is 4.83. The van der Waals surface area contributed by atoms with Crippen LogP contribution in [0.5, 0.6) is 0 Å². The molecule has 0 aromatic rings. The molecule has 2 N–H and O–H groups in total. The van der Waals surface area contributed by atoms with Crippen molar-refractivity contribution in [3.8, 4) is 0 Å². The number of hydrogen-bond donors (Lipinski definition) is 1. The predicted octanol–water partition coefficient (Wildman–Crippen LogP) is 3.44. The fourth-order valence-corrected chi connectivity index (χ4v) is 1.76. The van der Waals surface area contributed by atoms with Gasteiger partial charge >= 0.3 is 0 Å². The largest absolute Gasteiger partial charge is 0.402 e. The van der Waals surface area contributed by atoms with Crippen molar-refractivity contribution in [2.24, 2.45) is 11.1 Å². The molecule has 0 aliphatic heterocycles. The van der Waals surface area contributed by atoms with E-state index in [9.17, 15) is 0 Å². The second-order valence-electron chi connectivity index (χ2n) is 3.45. The van der Waals surface area contributed by atoms with Crippen molar-refractivity contribution in [1.29, 1.82) is 0 Å². The number of allylic oxidation sites excluding steroid dienone is 2. The van der Waals surface area contributed by atoms with Gasteiger partial charge < -0.3 is 5.73 Å². The van der Waals surface area contributed by atoms with Crippen LogP contribution in [-0.4, -0.2) is 4.83 Å². The lowest BCUT2D eigenvalue weighted by atomic mass is 9.81. The average Bonchev–Trinajstić information content (AvgIpc) is 2.03. The molecule has 0 amide bonds. The lowest BCUT2D eigenvalue weighted by Crippen LogP contribution is -2.31. The molecule has 1 nitrogen and oxygen atoms in total. The highest BCUT2D eigenvalue weighted by Gasteiger charge is 2.29. The van der Waals surface area contributed by atoms with Crippen molar-refractivity contribution in [1.82, 2.24) is 0 Å². The van der Waals surface area contributed by atoms with Crippen LogP contribution in [0.4, 0.5) is 0 Å². The van der Waals surface area contributed by atoms with Gasteiger partial charge in [-0.3, -0.25) is 0 Å². The van der Waals surface area contributed by atoms with E-state index in [-0.39, 0.29) is 5.41 Å². The first-order valence-corrected chi connectivity index (χ1v) is 5.50. The minimum Gasteiger partial charge on any atom is -0.402 e. The molecule has 0 saturated heterocycles. The van der Waals surface area contributed by atoms with Crippen molar-refractivity contribution < 1.29 is 0 Å². The van der Waals surface area contributed by atoms with Gasteiger partial charge in [0, 0.05) is 15.9 Å². The Morgan fingerprint density at radius 3 is 2.33 bits per heavy atom. The lowest BCUT2D eigenvalue weighted by molar-refractivity contribution is 0.378. The first-order valence-electron chi connectivity index (χ1n) is 4.59. The Balaban J connectivity index is 4.63. The number of alkyl halides is 1. The highest BCUT2D eigenvalue weighted by Crippen LogP contribution is 2.36. The van der Waals surface area contributed by atoms with Crippen molar-refractivity contribution in [3.05, 3.63) is 11.8 Å². The molecule has 0 bridgehead atoms. The van der Waals surface area contributed by atoms with Crippen LogP contribution in [0.3, 0.4) is 0 Å². The van der Waals surface area contributed by atoms with E-state index in [1.165, 1.54) is 0 Å². The first kappa shape index (κ1) is 12.0. The van der Waals surface area contributed by atoms with E-state index in [1.807, 2.05) is 0 Å². The Hall–Kier alpha value is 0.0200. The zero-order chi connectivity index (χ0) is 9.78. The molecule has 12 heavy (non-hydrogen) atoms. The van der Waals surface area contributed by atoms with Gasteiger partial charge in [-0.2, -0.15) is 0 Å². The van der Waals surface area contributed by atoms with Crippen LogP contribution in [0.2, 0.25) is 0 Å². The van der Waals surface area contributed by atoms with Gasteiger partial charge in [-0.15, -0.1) is 0 Å². The minimum absolute atomic E-state index is 0.107. The molecule has 1 unspecified atom stereocenters. The molecule has 72 valence electrons. The van der Waals surface area contributed by atoms with Gasteiger partial charge in [0.15, 0.2) is 0 Å². The van der Waals surface area contributed by atoms with E-state index in [0.29, 0.717) is 4.83 Å². The molecule has 0 aliphatic rings. The number of halogens is 1. The van der Waals surface area contributed by atoms with Crippen molar-refractivity contribution in [2.45, 2.75) is 45.4 Å². The fraction of sp³-hybridized carbons (Fsp3) is 0.800. The molecule has 0 radical (unpaired) electrons. The van der Waals surface area contributed by atoms with E-state index in [1.54, 1.807) is 0 Å². The highest BCUT2D eigenvalue weighted by atomic mass is 79.9. The molecule has 0 fully saturated rings. The fourth-order valence-electron chi connectivity index (χ4n) is 1.17. The normalized spacial score (nSPS) is 20.2. The van der Waals surface area contributed by atoms with Crippen molar-refractivity contribution in [2.75, 3.05) is 0 Å². The maximum Gasteiger partial charge on any atom is 0.0225 e. The quantitative estimate of drug-likeness (QED) is 0.741. The van der Waals surface area contributed by atoms with E-state index >= 15 is 0 Å². The maximum atomic E-state index is 6.01. The molecule has 2 atom stereocenters.